The quantitative estimate of drug-likeness (QED) is 0.0601. The van der Waals surface area contributed by atoms with Crippen molar-refractivity contribution >= 4 is 38.2 Å². The van der Waals surface area contributed by atoms with E-state index in [2.05, 4.69) is 17.6 Å². The van der Waals surface area contributed by atoms with Gasteiger partial charge in [0.05, 0.1) is 6.17 Å². The van der Waals surface area contributed by atoms with Crippen molar-refractivity contribution in [1.82, 2.24) is 10.6 Å². The Morgan fingerprint density at radius 1 is 0.524 bits per heavy atom. The second kappa shape index (κ2) is 25.7. The SMILES string of the molecule is CCO[Si](CCCNC(NCCC[Si](OCC)(OCC)OCC)C(C)SCCC[Si](OC)(OC)OC)(OCC)OCC. The van der Waals surface area contributed by atoms with Gasteiger partial charge in [-0.3, -0.25) is 0 Å². The van der Waals surface area contributed by atoms with Gasteiger partial charge in [0.15, 0.2) is 0 Å². The molecule has 0 saturated carbocycles. The fraction of sp³-hybridized carbons (Fsp3) is 1.00. The van der Waals surface area contributed by atoms with Crippen LogP contribution in [0.5, 0.6) is 0 Å². The van der Waals surface area contributed by atoms with Gasteiger partial charge < -0.3 is 50.5 Å². The summed E-state index contributed by atoms with van der Waals surface area (Å²) >= 11 is 1.93. The molecule has 0 aromatic carbocycles. The molecule has 2 N–H and O–H groups in total. The maximum Gasteiger partial charge on any atom is 0.500 e. The molecule has 0 heterocycles. The van der Waals surface area contributed by atoms with Crippen molar-refractivity contribution in [2.45, 2.75) is 97.3 Å². The maximum absolute atomic E-state index is 6.04. The van der Waals surface area contributed by atoms with Crippen molar-refractivity contribution in [2.24, 2.45) is 0 Å². The first-order valence-electron chi connectivity index (χ1n) is 15.8. The molecule has 0 bridgehead atoms. The third-order valence-electron chi connectivity index (χ3n) is 6.64. The summed E-state index contributed by atoms with van der Waals surface area (Å²) in [6.45, 7) is 19.4. The van der Waals surface area contributed by atoms with Crippen LogP contribution in [-0.4, -0.2) is 118 Å². The Labute approximate surface area is 265 Å². The van der Waals surface area contributed by atoms with Crippen molar-refractivity contribution in [2.75, 3.05) is 79.8 Å². The molecule has 0 spiro atoms. The molecule has 0 amide bonds. The van der Waals surface area contributed by atoms with Crippen LogP contribution in [0.25, 0.3) is 0 Å². The summed E-state index contributed by atoms with van der Waals surface area (Å²) in [4.78, 5) is 0. The number of nitrogens with one attached hydrogen (secondary N) is 2. The lowest BCUT2D eigenvalue weighted by atomic mass is 10.3. The second-order valence-corrected chi connectivity index (χ2v) is 19.6. The molecule has 0 aliphatic rings. The summed E-state index contributed by atoms with van der Waals surface area (Å²) in [5.41, 5.74) is 0. The van der Waals surface area contributed by atoms with E-state index in [9.17, 15) is 0 Å². The molecule has 15 heteroatoms. The van der Waals surface area contributed by atoms with Gasteiger partial charge in [-0.05, 0) is 79.6 Å². The van der Waals surface area contributed by atoms with Crippen molar-refractivity contribution in [3.8, 4) is 0 Å². The molecule has 0 rings (SSSR count). The summed E-state index contributed by atoms with van der Waals surface area (Å²) in [7, 11) is -2.88. The smallest absolute Gasteiger partial charge is 0.377 e. The van der Waals surface area contributed by atoms with E-state index in [4.69, 9.17) is 39.8 Å². The van der Waals surface area contributed by atoms with Gasteiger partial charge in [-0.1, -0.05) is 6.92 Å². The van der Waals surface area contributed by atoms with E-state index < -0.39 is 26.4 Å². The van der Waals surface area contributed by atoms with Gasteiger partial charge in [-0.2, -0.15) is 11.8 Å². The molecular weight excluding hydrogens is 613 g/mol. The minimum atomic E-state index is -2.66. The van der Waals surface area contributed by atoms with Crippen LogP contribution in [0.2, 0.25) is 18.1 Å². The number of hydrogen-bond donors (Lipinski definition) is 2. The normalized spacial score (nSPS) is 13.8. The van der Waals surface area contributed by atoms with Crippen LogP contribution in [0.3, 0.4) is 0 Å². The molecule has 0 aromatic heterocycles. The van der Waals surface area contributed by atoms with Crippen LogP contribution < -0.4 is 10.6 Å². The van der Waals surface area contributed by atoms with E-state index in [1.807, 2.05) is 53.3 Å². The monoisotopic (exact) mass is 676 g/mol. The highest BCUT2D eigenvalue weighted by atomic mass is 32.2. The van der Waals surface area contributed by atoms with Crippen molar-refractivity contribution in [1.29, 1.82) is 0 Å². The first-order valence-corrected chi connectivity index (χ1v) is 22.7. The molecule has 0 saturated heterocycles. The van der Waals surface area contributed by atoms with Crippen molar-refractivity contribution in [3.63, 3.8) is 0 Å². The summed E-state index contributed by atoms with van der Waals surface area (Å²) in [5, 5.41) is 7.84. The van der Waals surface area contributed by atoms with Gasteiger partial charge in [0.2, 0.25) is 0 Å². The van der Waals surface area contributed by atoms with Crippen molar-refractivity contribution < 1.29 is 39.8 Å². The second-order valence-electron chi connectivity index (χ2n) is 9.53. The first kappa shape index (κ1) is 42.6. The highest BCUT2D eigenvalue weighted by molar-refractivity contribution is 7.99. The molecule has 254 valence electrons. The minimum absolute atomic E-state index is 0.119. The predicted octanol–water partition coefficient (Wildman–Crippen LogP) is 4.76. The standard InChI is InChI=1S/C27H64N2O9SSi3/c1-11-33-41(34-12-2,35-13-3)23-17-20-28-27(26(7)39-22-19-25-40(30-8,31-9)32-10)29-21-18-24-42(36-14-4,37-15-5)38-16-6/h26-29H,11-25H2,1-10H3. The van der Waals surface area contributed by atoms with Crippen LogP contribution in [0.4, 0.5) is 0 Å². The lowest BCUT2D eigenvalue weighted by Gasteiger charge is -2.30. The van der Waals surface area contributed by atoms with E-state index in [0.29, 0.717) is 44.9 Å². The Bertz CT molecular complexity index is 555. The molecule has 1 unspecified atom stereocenters. The van der Waals surface area contributed by atoms with E-state index in [1.165, 1.54) is 0 Å². The van der Waals surface area contributed by atoms with E-state index in [0.717, 1.165) is 56.2 Å². The van der Waals surface area contributed by atoms with Gasteiger partial charge in [-0.25, -0.2) is 0 Å². The number of hydrogen-bond acceptors (Lipinski definition) is 12. The molecule has 0 fully saturated rings. The van der Waals surface area contributed by atoms with Crippen LogP contribution >= 0.6 is 11.8 Å². The summed E-state index contributed by atoms with van der Waals surface area (Å²) < 4.78 is 53.0. The Kier molecular flexibility index (Phi) is 26.1. The zero-order valence-electron chi connectivity index (χ0n) is 28.3. The lowest BCUT2D eigenvalue weighted by Crippen LogP contribution is -2.51. The zero-order chi connectivity index (χ0) is 31.7. The summed E-state index contributed by atoms with van der Waals surface area (Å²) in [6.07, 6.45) is 2.88. The van der Waals surface area contributed by atoms with Gasteiger partial charge in [0.25, 0.3) is 0 Å². The Hall–Kier alpha value is 0.561. The molecule has 0 aliphatic carbocycles. The van der Waals surface area contributed by atoms with Gasteiger partial charge in [0.1, 0.15) is 0 Å². The Balaban J connectivity index is 5.23. The molecule has 0 aromatic rings. The van der Waals surface area contributed by atoms with Crippen LogP contribution in [0.1, 0.15) is 67.7 Å². The van der Waals surface area contributed by atoms with E-state index in [1.54, 1.807) is 21.3 Å². The fourth-order valence-corrected chi connectivity index (χ4v) is 13.0. The van der Waals surface area contributed by atoms with E-state index in [-0.39, 0.29) is 6.17 Å². The molecule has 0 aliphatic heterocycles. The van der Waals surface area contributed by atoms with Crippen LogP contribution in [0, 0.1) is 0 Å². The Morgan fingerprint density at radius 2 is 0.857 bits per heavy atom. The minimum Gasteiger partial charge on any atom is -0.377 e. The van der Waals surface area contributed by atoms with Crippen LogP contribution in [-0.2, 0) is 39.8 Å². The highest BCUT2D eigenvalue weighted by Gasteiger charge is 2.41. The Morgan fingerprint density at radius 3 is 1.17 bits per heavy atom. The van der Waals surface area contributed by atoms with Gasteiger partial charge in [-0.15, -0.1) is 0 Å². The topological polar surface area (TPSA) is 107 Å². The van der Waals surface area contributed by atoms with Gasteiger partial charge >= 0.3 is 26.4 Å². The largest absolute Gasteiger partial charge is 0.500 e. The maximum atomic E-state index is 6.04. The number of thioether (sulfide) groups is 1. The van der Waals surface area contributed by atoms with E-state index >= 15 is 0 Å². The fourth-order valence-electron chi connectivity index (χ4n) is 4.74. The molecule has 1 atom stereocenters. The molecule has 0 radical (unpaired) electrons. The number of rotatable bonds is 31. The van der Waals surface area contributed by atoms with Crippen LogP contribution in [0.15, 0.2) is 0 Å². The molecule has 42 heavy (non-hydrogen) atoms. The third kappa shape index (κ3) is 16.8. The highest BCUT2D eigenvalue weighted by Crippen LogP contribution is 2.22. The average Bonchev–Trinajstić information content (AvgIpc) is 2.97. The summed E-state index contributed by atoms with van der Waals surface area (Å²) in [6, 6.07) is 2.36. The van der Waals surface area contributed by atoms with Gasteiger partial charge in [0, 0.05) is 84.4 Å². The third-order valence-corrected chi connectivity index (χ3v) is 17.1. The zero-order valence-corrected chi connectivity index (χ0v) is 32.2. The molecular formula is C27H64N2O9SSi3. The summed E-state index contributed by atoms with van der Waals surface area (Å²) in [5.74, 6) is 0.982. The van der Waals surface area contributed by atoms with Crippen molar-refractivity contribution in [3.05, 3.63) is 0 Å². The average molecular weight is 677 g/mol. The lowest BCUT2D eigenvalue weighted by molar-refractivity contribution is 0.0701. The first-order chi connectivity index (χ1) is 20.2. The predicted molar refractivity (Wildman–Crippen MR) is 178 cm³/mol. The molecule has 11 nitrogen and oxygen atoms in total.